The summed E-state index contributed by atoms with van der Waals surface area (Å²) in [6, 6.07) is 9.49. The zero-order chi connectivity index (χ0) is 12.3. The first kappa shape index (κ1) is 13.1. The Kier molecular flexibility index (Phi) is 4.60. The van der Waals surface area contributed by atoms with E-state index in [1.807, 2.05) is 0 Å². The predicted molar refractivity (Wildman–Crippen MR) is 75.8 cm³/mol. The van der Waals surface area contributed by atoms with Crippen LogP contribution in [0.15, 0.2) is 28.7 Å². The molecule has 2 N–H and O–H groups in total. The minimum atomic E-state index is 0.399. The molecule has 0 aromatic heterocycles. The van der Waals surface area contributed by atoms with Crippen LogP contribution in [0.4, 0.5) is 0 Å². The van der Waals surface area contributed by atoms with Gasteiger partial charge in [-0.1, -0.05) is 40.5 Å². The highest BCUT2D eigenvalue weighted by molar-refractivity contribution is 9.10. The normalized spacial score (nSPS) is 25.2. The Bertz CT molecular complexity index is 367. The summed E-state index contributed by atoms with van der Waals surface area (Å²) < 4.78 is 1.20. The van der Waals surface area contributed by atoms with Gasteiger partial charge in [-0.2, -0.15) is 0 Å². The molecule has 1 aromatic carbocycles. The van der Waals surface area contributed by atoms with E-state index in [4.69, 9.17) is 5.73 Å². The lowest BCUT2D eigenvalue weighted by Gasteiger charge is -2.34. The molecule has 0 radical (unpaired) electrons. The van der Waals surface area contributed by atoms with Crippen molar-refractivity contribution >= 4 is 15.9 Å². The van der Waals surface area contributed by atoms with Gasteiger partial charge in [0.1, 0.15) is 0 Å². The van der Waals surface area contributed by atoms with Crippen molar-refractivity contribution < 1.29 is 0 Å². The summed E-state index contributed by atoms with van der Waals surface area (Å²) in [4.78, 5) is 2.44. The number of rotatable bonds is 3. The van der Waals surface area contributed by atoms with Crippen molar-refractivity contribution in [3.8, 4) is 0 Å². The van der Waals surface area contributed by atoms with Gasteiger partial charge in [-0.3, -0.25) is 4.90 Å². The first-order valence-corrected chi connectivity index (χ1v) is 7.15. The maximum absolute atomic E-state index is 6.05. The molecule has 0 aliphatic heterocycles. The Labute approximate surface area is 112 Å². The molecule has 0 bridgehead atoms. The Balaban J connectivity index is 1.96. The molecule has 0 amide bonds. The number of halogens is 1. The first-order chi connectivity index (χ1) is 8.16. The highest BCUT2D eigenvalue weighted by atomic mass is 79.9. The molecule has 0 saturated heterocycles. The number of hydrogen-bond donors (Lipinski definition) is 1. The second-order valence-corrected chi connectivity index (χ2v) is 5.94. The molecule has 2 nitrogen and oxygen atoms in total. The number of benzene rings is 1. The van der Waals surface area contributed by atoms with E-state index in [1.165, 1.54) is 29.3 Å². The van der Waals surface area contributed by atoms with Gasteiger partial charge in [0.15, 0.2) is 0 Å². The molecule has 17 heavy (non-hydrogen) atoms. The maximum atomic E-state index is 6.05. The van der Waals surface area contributed by atoms with Crippen LogP contribution in [0, 0.1) is 0 Å². The van der Waals surface area contributed by atoms with Gasteiger partial charge < -0.3 is 5.73 Å². The van der Waals surface area contributed by atoms with Crippen LogP contribution in [0.3, 0.4) is 0 Å². The lowest BCUT2D eigenvalue weighted by molar-refractivity contribution is 0.173. The van der Waals surface area contributed by atoms with Gasteiger partial charge in [0.25, 0.3) is 0 Å². The third-order valence-electron chi connectivity index (χ3n) is 3.69. The maximum Gasteiger partial charge on any atom is 0.0244 e. The lowest BCUT2D eigenvalue weighted by Crippen LogP contribution is -2.40. The van der Waals surface area contributed by atoms with E-state index < -0.39 is 0 Å². The van der Waals surface area contributed by atoms with Crippen LogP contribution in [0.25, 0.3) is 0 Å². The van der Waals surface area contributed by atoms with Crippen LogP contribution in [-0.4, -0.2) is 24.0 Å². The van der Waals surface area contributed by atoms with Crippen molar-refractivity contribution in [3.05, 3.63) is 34.3 Å². The average Bonchev–Trinajstić information content (AvgIpc) is 2.32. The first-order valence-electron chi connectivity index (χ1n) is 6.36. The molecule has 2 unspecified atom stereocenters. The molecule has 1 saturated carbocycles. The fourth-order valence-electron chi connectivity index (χ4n) is 2.63. The highest BCUT2D eigenvalue weighted by Crippen LogP contribution is 2.24. The van der Waals surface area contributed by atoms with Gasteiger partial charge in [0, 0.05) is 23.1 Å². The van der Waals surface area contributed by atoms with E-state index in [0.29, 0.717) is 12.1 Å². The van der Waals surface area contributed by atoms with E-state index in [0.717, 1.165) is 13.0 Å². The third-order valence-corrected chi connectivity index (χ3v) is 4.46. The molecular weight excluding hydrogens is 276 g/mol. The Morgan fingerprint density at radius 1 is 1.35 bits per heavy atom. The van der Waals surface area contributed by atoms with Crippen LogP contribution in [0.1, 0.15) is 31.2 Å². The molecular formula is C14H21BrN2. The third kappa shape index (κ3) is 3.54. The zero-order valence-corrected chi connectivity index (χ0v) is 12.0. The minimum absolute atomic E-state index is 0.399. The van der Waals surface area contributed by atoms with E-state index in [-0.39, 0.29) is 0 Å². The predicted octanol–water partition coefficient (Wildman–Crippen LogP) is 3.15. The van der Waals surface area contributed by atoms with Crippen LogP contribution < -0.4 is 5.73 Å². The van der Waals surface area contributed by atoms with E-state index in [1.54, 1.807) is 0 Å². The van der Waals surface area contributed by atoms with Crippen molar-refractivity contribution in [1.29, 1.82) is 0 Å². The van der Waals surface area contributed by atoms with Gasteiger partial charge in [0.05, 0.1) is 0 Å². The van der Waals surface area contributed by atoms with E-state index in [9.17, 15) is 0 Å². The van der Waals surface area contributed by atoms with Crippen LogP contribution in [-0.2, 0) is 6.54 Å². The average molecular weight is 297 g/mol. The van der Waals surface area contributed by atoms with Crippen molar-refractivity contribution in [2.75, 3.05) is 7.05 Å². The van der Waals surface area contributed by atoms with Gasteiger partial charge in [-0.15, -0.1) is 0 Å². The fraction of sp³-hybridized carbons (Fsp3) is 0.571. The lowest BCUT2D eigenvalue weighted by atomic mass is 9.90. The fourth-order valence-corrected chi connectivity index (χ4v) is 3.04. The van der Waals surface area contributed by atoms with Gasteiger partial charge in [-0.25, -0.2) is 0 Å². The molecule has 94 valence electrons. The molecule has 0 spiro atoms. The number of nitrogens with two attached hydrogens (primary N) is 1. The standard InChI is InChI=1S/C14H21BrN2/c1-17(13-7-4-6-12(16)9-13)10-11-5-2-3-8-14(11)15/h2-3,5,8,12-13H,4,6-7,9-10,16H2,1H3. The monoisotopic (exact) mass is 296 g/mol. The highest BCUT2D eigenvalue weighted by Gasteiger charge is 2.22. The van der Waals surface area contributed by atoms with Crippen molar-refractivity contribution in [1.82, 2.24) is 4.90 Å². The Morgan fingerprint density at radius 3 is 2.82 bits per heavy atom. The molecule has 3 heteroatoms. The van der Waals surface area contributed by atoms with Gasteiger partial charge in [0.2, 0.25) is 0 Å². The molecule has 1 fully saturated rings. The molecule has 1 aliphatic rings. The number of nitrogens with zero attached hydrogens (tertiary/aromatic N) is 1. The SMILES string of the molecule is CN(Cc1ccccc1Br)C1CCCC(N)C1. The second kappa shape index (κ2) is 5.98. The summed E-state index contributed by atoms with van der Waals surface area (Å²) in [5.74, 6) is 0. The summed E-state index contributed by atoms with van der Waals surface area (Å²) >= 11 is 3.61. The smallest absolute Gasteiger partial charge is 0.0244 e. The summed E-state index contributed by atoms with van der Waals surface area (Å²) in [5.41, 5.74) is 7.41. The summed E-state index contributed by atoms with van der Waals surface area (Å²) in [6.07, 6.45) is 4.89. The Morgan fingerprint density at radius 2 is 2.12 bits per heavy atom. The van der Waals surface area contributed by atoms with E-state index in [2.05, 4.69) is 52.1 Å². The molecule has 0 heterocycles. The largest absolute Gasteiger partial charge is 0.328 e. The van der Waals surface area contributed by atoms with Crippen molar-refractivity contribution in [2.24, 2.45) is 5.73 Å². The summed E-state index contributed by atoms with van der Waals surface area (Å²) in [7, 11) is 2.21. The van der Waals surface area contributed by atoms with Crippen molar-refractivity contribution in [2.45, 2.75) is 44.3 Å². The van der Waals surface area contributed by atoms with E-state index >= 15 is 0 Å². The van der Waals surface area contributed by atoms with Crippen LogP contribution >= 0.6 is 15.9 Å². The quantitative estimate of drug-likeness (QED) is 0.928. The number of hydrogen-bond acceptors (Lipinski definition) is 2. The second-order valence-electron chi connectivity index (χ2n) is 5.09. The van der Waals surface area contributed by atoms with Crippen molar-refractivity contribution in [3.63, 3.8) is 0 Å². The van der Waals surface area contributed by atoms with Gasteiger partial charge in [-0.05, 0) is 37.9 Å². The molecule has 2 atom stereocenters. The molecule has 2 rings (SSSR count). The van der Waals surface area contributed by atoms with Crippen LogP contribution in [0.2, 0.25) is 0 Å². The van der Waals surface area contributed by atoms with Crippen LogP contribution in [0.5, 0.6) is 0 Å². The summed E-state index contributed by atoms with van der Waals surface area (Å²) in [6.45, 7) is 0.999. The molecule has 1 aromatic rings. The summed E-state index contributed by atoms with van der Waals surface area (Å²) in [5, 5.41) is 0. The minimum Gasteiger partial charge on any atom is -0.328 e. The zero-order valence-electron chi connectivity index (χ0n) is 10.4. The van der Waals surface area contributed by atoms with Gasteiger partial charge >= 0.3 is 0 Å². The Hall–Kier alpha value is -0.380. The molecule has 1 aliphatic carbocycles. The topological polar surface area (TPSA) is 29.3 Å².